The minimum absolute atomic E-state index is 0.0361. The van der Waals surface area contributed by atoms with Crippen molar-refractivity contribution >= 4 is 33.9 Å². The fraction of sp³-hybridized carbons (Fsp3) is 0.409. The molecule has 2 aliphatic rings. The molecule has 1 atom stereocenters. The summed E-state index contributed by atoms with van der Waals surface area (Å²) in [5, 5.41) is 3.68. The van der Waals surface area contributed by atoms with Crippen LogP contribution in [0.3, 0.4) is 0 Å². The van der Waals surface area contributed by atoms with E-state index in [0.29, 0.717) is 23.8 Å². The average Bonchev–Trinajstić information content (AvgIpc) is 3.43. The number of benzene rings is 1. The molecule has 4 aromatic rings. The molecule has 1 saturated heterocycles. The summed E-state index contributed by atoms with van der Waals surface area (Å²) in [6, 6.07) is 9.91. The first-order chi connectivity index (χ1) is 15.7. The first kappa shape index (κ1) is 19.7. The normalized spacial score (nSPS) is 19.3. The fourth-order valence-corrected chi connectivity index (χ4v) is 5.50. The summed E-state index contributed by atoms with van der Waals surface area (Å²) in [6.45, 7) is 4.06. The van der Waals surface area contributed by atoms with Crippen LogP contribution in [0.5, 0.6) is 0 Å². The van der Waals surface area contributed by atoms with Gasteiger partial charge >= 0.3 is 0 Å². The molecule has 0 radical (unpaired) electrons. The summed E-state index contributed by atoms with van der Waals surface area (Å²) in [5.41, 5.74) is 4.28. The summed E-state index contributed by atoms with van der Waals surface area (Å²) in [5.74, 6) is 0. The summed E-state index contributed by atoms with van der Waals surface area (Å²) in [7, 11) is 0. The van der Waals surface area contributed by atoms with Gasteiger partial charge in [0.1, 0.15) is 22.2 Å². The topological polar surface area (TPSA) is 97.9 Å². The largest absolute Gasteiger partial charge is 0.310 e. The van der Waals surface area contributed by atoms with Gasteiger partial charge < -0.3 is 10.2 Å². The van der Waals surface area contributed by atoms with Gasteiger partial charge in [-0.15, -0.1) is 0 Å². The zero-order chi connectivity index (χ0) is 21.7. The molecule has 10 heteroatoms. The zero-order valence-electron chi connectivity index (χ0n) is 17.5. The maximum absolute atomic E-state index is 12.5. The minimum Gasteiger partial charge on any atom is -0.310 e. The summed E-state index contributed by atoms with van der Waals surface area (Å²) >= 11 is 1.25. The van der Waals surface area contributed by atoms with Crippen LogP contribution in [0.2, 0.25) is 0 Å². The summed E-state index contributed by atoms with van der Waals surface area (Å²) in [6.07, 6.45) is 3.48. The lowest BCUT2D eigenvalue weighted by Crippen LogP contribution is -2.44. The molecule has 0 aliphatic carbocycles. The Morgan fingerprint density at radius 3 is 2.69 bits per heavy atom. The van der Waals surface area contributed by atoms with Crippen molar-refractivity contribution in [3.05, 3.63) is 62.8 Å². The van der Waals surface area contributed by atoms with Crippen LogP contribution in [0, 0.1) is 0 Å². The molecule has 164 valence electrons. The SMILES string of the molecule is O=c1ccc2ncc(=O)n3c2n1CC3CN1CCC(NCc2ccc3nsnc3c2)CC1. The van der Waals surface area contributed by atoms with Crippen molar-refractivity contribution in [3.8, 4) is 0 Å². The highest BCUT2D eigenvalue weighted by Gasteiger charge is 2.29. The minimum atomic E-state index is -0.136. The van der Waals surface area contributed by atoms with Crippen LogP contribution >= 0.6 is 11.7 Å². The molecule has 0 bridgehead atoms. The van der Waals surface area contributed by atoms with Gasteiger partial charge in [0.2, 0.25) is 0 Å². The fourth-order valence-electron chi connectivity index (χ4n) is 4.98. The van der Waals surface area contributed by atoms with E-state index in [0.717, 1.165) is 50.1 Å². The maximum Gasteiger partial charge on any atom is 0.270 e. The van der Waals surface area contributed by atoms with Gasteiger partial charge in [0.05, 0.1) is 24.0 Å². The van der Waals surface area contributed by atoms with Crippen LogP contribution in [-0.2, 0) is 13.1 Å². The average molecular weight is 450 g/mol. The Morgan fingerprint density at radius 1 is 1.00 bits per heavy atom. The summed E-state index contributed by atoms with van der Waals surface area (Å²) in [4.78, 5) is 31.5. The smallest absolute Gasteiger partial charge is 0.270 e. The van der Waals surface area contributed by atoms with Gasteiger partial charge in [-0.05, 0) is 49.7 Å². The number of hydrogen-bond acceptors (Lipinski definition) is 8. The van der Waals surface area contributed by atoms with Crippen LogP contribution in [0.4, 0.5) is 0 Å². The highest BCUT2D eigenvalue weighted by molar-refractivity contribution is 7.00. The Kier molecular flexibility index (Phi) is 4.85. The van der Waals surface area contributed by atoms with Crippen LogP contribution in [0.1, 0.15) is 24.4 Å². The third kappa shape index (κ3) is 3.44. The molecule has 2 aliphatic heterocycles. The molecule has 0 spiro atoms. The van der Waals surface area contributed by atoms with E-state index in [1.54, 1.807) is 15.2 Å². The molecular formula is C22H23N7O2S. The molecule has 3 aromatic heterocycles. The van der Waals surface area contributed by atoms with E-state index in [1.807, 2.05) is 6.07 Å². The molecule has 0 saturated carbocycles. The van der Waals surface area contributed by atoms with Crippen LogP contribution in [-0.4, -0.2) is 53.4 Å². The van der Waals surface area contributed by atoms with Gasteiger partial charge in [-0.1, -0.05) is 6.07 Å². The van der Waals surface area contributed by atoms with Crippen molar-refractivity contribution in [2.24, 2.45) is 0 Å². The number of piperidine rings is 1. The maximum atomic E-state index is 12.5. The van der Waals surface area contributed by atoms with Crippen molar-refractivity contribution < 1.29 is 0 Å². The lowest BCUT2D eigenvalue weighted by atomic mass is 10.0. The molecule has 1 fully saturated rings. The molecule has 32 heavy (non-hydrogen) atoms. The Balaban J connectivity index is 1.08. The quantitative estimate of drug-likeness (QED) is 0.491. The number of fused-ring (bicyclic) bond motifs is 1. The first-order valence-electron chi connectivity index (χ1n) is 10.9. The lowest BCUT2D eigenvalue weighted by Gasteiger charge is -2.34. The van der Waals surface area contributed by atoms with Crippen LogP contribution in [0.25, 0.3) is 22.2 Å². The molecule has 1 aromatic carbocycles. The van der Waals surface area contributed by atoms with E-state index in [1.165, 1.54) is 29.6 Å². The van der Waals surface area contributed by atoms with E-state index in [-0.39, 0.29) is 17.2 Å². The molecule has 5 heterocycles. The molecule has 9 nitrogen and oxygen atoms in total. The number of nitrogens with zero attached hydrogens (tertiary/aromatic N) is 6. The number of likely N-dealkylation sites (tertiary alicyclic amines) is 1. The van der Waals surface area contributed by atoms with E-state index in [2.05, 4.69) is 36.1 Å². The molecule has 1 unspecified atom stereocenters. The third-order valence-corrected chi connectivity index (χ3v) is 7.20. The van der Waals surface area contributed by atoms with Crippen molar-refractivity contribution in [2.75, 3.05) is 19.6 Å². The van der Waals surface area contributed by atoms with Gasteiger partial charge in [0.15, 0.2) is 0 Å². The van der Waals surface area contributed by atoms with Gasteiger partial charge in [-0.25, -0.2) is 4.98 Å². The zero-order valence-corrected chi connectivity index (χ0v) is 18.3. The molecular weight excluding hydrogens is 426 g/mol. The number of hydrogen-bond donors (Lipinski definition) is 1. The number of rotatable bonds is 5. The van der Waals surface area contributed by atoms with E-state index in [9.17, 15) is 9.59 Å². The lowest BCUT2D eigenvalue weighted by molar-refractivity contribution is 0.171. The molecule has 1 N–H and O–H groups in total. The second-order valence-electron chi connectivity index (χ2n) is 8.65. The van der Waals surface area contributed by atoms with Crippen molar-refractivity contribution in [1.29, 1.82) is 0 Å². The number of nitrogens with one attached hydrogen (secondary N) is 1. The van der Waals surface area contributed by atoms with Crippen molar-refractivity contribution in [2.45, 2.75) is 38.0 Å². The predicted molar refractivity (Wildman–Crippen MR) is 123 cm³/mol. The Bertz CT molecular complexity index is 1410. The standard InChI is InChI=1S/C22H23N7O2S/c30-20-4-3-18-22-28(20)13-16(29(22)21(31)11-24-18)12-27-7-5-15(6-8-27)23-10-14-1-2-17-19(9-14)26-32-25-17/h1-4,9,11,15-16,23H,5-8,10,12-13H2. The highest BCUT2D eigenvalue weighted by atomic mass is 32.1. The van der Waals surface area contributed by atoms with Crippen LogP contribution < -0.4 is 16.4 Å². The van der Waals surface area contributed by atoms with Gasteiger partial charge in [0.25, 0.3) is 11.1 Å². The van der Waals surface area contributed by atoms with Crippen molar-refractivity contribution in [3.63, 3.8) is 0 Å². The van der Waals surface area contributed by atoms with Crippen molar-refractivity contribution in [1.82, 2.24) is 33.1 Å². The monoisotopic (exact) mass is 449 g/mol. The Labute approximate surface area is 187 Å². The van der Waals surface area contributed by atoms with Gasteiger partial charge in [0, 0.05) is 31.7 Å². The summed E-state index contributed by atoms with van der Waals surface area (Å²) < 4.78 is 12.0. The molecule has 6 rings (SSSR count). The van der Waals surface area contributed by atoms with Crippen LogP contribution in [0.15, 0.2) is 46.1 Å². The van der Waals surface area contributed by atoms with Gasteiger partial charge in [-0.2, -0.15) is 8.75 Å². The number of aromatic nitrogens is 5. The number of pyridine rings is 1. The highest BCUT2D eigenvalue weighted by Crippen LogP contribution is 2.24. The predicted octanol–water partition coefficient (Wildman–Crippen LogP) is 1.37. The second kappa shape index (κ2) is 7.88. The second-order valence-corrected chi connectivity index (χ2v) is 9.18. The third-order valence-electron chi connectivity index (χ3n) is 6.64. The first-order valence-corrected chi connectivity index (χ1v) is 11.7. The van der Waals surface area contributed by atoms with E-state index < -0.39 is 0 Å². The Morgan fingerprint density at radius 2 is 1.81 bits per heavy atom. The Hall–Kier alpha value is -2.95. The molecule has 0 amide bonds. The van der Waals surface area contributed by atoms with E-state index >= 15 is 0 Å². The van der Waals surface area contributed by atoms with Gasteiger partial charge in [-0.3, -0.25) is 18.7 Å². The van der Waals surface area contributed by atoms with E-state index in [4.69, 9.17) is 0 Å².